The molecule has 72 valence electrons. The summed E-state index contributed by atoms with van der Waals surface area (Å²) >= 11 is 0. The monoisotopic (exact) mass is 182 g/mol. The fourth-order valence-corrected chi connectivity index (χ4v) is 1.15. The van der Waals surface area contributed by atoms with Gasteiger partial charge >= 0.3 is 5.97 Å². The van der Waals surface area contributed by atoms with Crippen LogP contribution in [0.25, 0.3) is 0 Å². The van der Waals surface area contributed by atoms with Crippen LogP contribution in [0.1, 0.15) is 19.4 Å². The van der Waals surface area contributed by atoms with Crippen molar-refractivity contribution in [3.63, 3.8) is 0 Å². The van der Waals surface area contributed by atoms with Crippen LogP contribution >= 0.6 is 0 Å². The zero-order chi connectivity index (χ0) is 10.1. The number of nitrogens with zero attached hydrogens (tertiary/aromatic N) is 2. The molecule has 0 aromatic carbocycles. The summed E-state index contributed by atoms with van der Waals surface area (Å²) in [5.74, 6) is -0.781. The number of hydrogen-bond acceptors (Lipinski definition) is 2. The molecule has 0 aliphatic rings. The minimum Gasteiger partial charge on any atom is -0.481 e. The number of aryl methyl sites for hydroxylation is 1. The highest BCUT2D eigenvalue weighted by Crippen LogP contribution is 2.21. The van der Waals surface area contributed by atoms with Crippen LogP contribution in [0.2, 0.25) is 0 Å². The second kappa shape index (κ2) is 3.20. The molecule has 0 aliphatic carbocycles. The van der Waals surface area contributed by atoms with Gasteiger partial charge < -0.3 is 5.11 Å². The summed E-state index contributed by atoms with van der Waals surface area (Å²) in [5.41, 5.74) is 0.234. The third kappa shape index (κ3) is 2.31. The Morgan fingerprint density at radius 2 is 2.31 bits per heavy atom. The van der Waals surface area contributed by atoms with Crippen LogP contribution in [0.15, 0.2) is 12.4 Å². The van der Waals surface area contributed by atoms with Gasteiger partial charge in [0.05, 0.1) is 11.6 Å². The quantitative estimate of drug-likeness (QED) is 0.760. The van der Waals surface area contributed by atoms with E-state index in [0.29, 0.717) is 6.42 Å². The first kappa shape index (κ1) is 9.77. The Bertz CT molecular complexity index is 315. The highest BCUT2D eigenvalue weighted by atomic mass is 16.4. The van der Waals surface area contributed by atoms with E-state index in [4.69, 9.17) is 5.11 Å². The molecule has 4 nitrogen and oxygen atoms in total. The second-order valence-corrected chi connectivity index (χ2v) is 3.89. The summed E-state index contributed by atoms with van der Waals surface area (Å²) < 4.78 is 1.67. The molecular formula is C9H14N2O2. The maximum atomic E-state index is 10.8. The van der Waals surface area contributed by atoms with Gasteiger partial charge in [-0.2, -0.15) is 5.10 Å². The van der Waals surface area contributed by atoms with Gasteiger partial charge in [-0.25, -0.2) is 0 Å². The molecule has 0 saturated carbocycles. The summed E-state index contributed by atoms with van der Waals surface area (Å²) in [7, 11) is 1.82. The summed E-state index contributed by atoms with van der Waals surface area (Å²) in [6, 6.07) is 0. The molecule has 0 saturated heterocycles. The molecular weight excluding hydrogens is 168 g/mol. The lowest BCUT2D eigenvalue weighted by Gasteiger charge is -2.17. The largest absolute Gasteiger partial charge is 0.481 e. The van der Waals surface area contributed by atoms with Crippen LogP contribution < -0.4 is 0 Å². The zero-order valence-corrected chi connectivity index (χ0v) is 8.11. The molecule has 0 aliphatic heterocycles. The van der Waals surface area contributed by atoms with Gasteiger partial charge in [-0.3, -0.25) is 9.48 Å². The Labute approximate surface area is 77.2 Å². The minimum atomic E-state index is -0.781. The van der Waals surface area contributed by atoms with Crippen LogP contribution in [0.4, 0.5) is 0 Å². The van der Waals surface area contributed by atoms with Crippen LogP contribution in [0, 0.1) is 5.41 Å². The Balaban J connectivity index is 2.74. The van der Waals surface area contributed by atoms with E-state index in [0.717, 1.165) is 5.56 Å². The van der Waals surface area contributed by atoms with Crippen LogP contribution in [0.5, 0.6) is 0 Å². The smallest absolute Gasteiger partial charge is 0.309 e. The number of aromatic nitrogens is 2. The predicted octanol–water partition coefficient (Wildman–Crippen LogP) is 1.07. The highest BCUT2D eigenvalue weighted by Gasteiger charge is 2.27. The van der Waals surface area contributed by atoms with Gasteiger partial charge in [-0.1, -0.05) is 0 Å². The standard InChI is InChI=1S/C9H14N2O2/c1-9(2,8(12)13)4-7-5-10-11(3)6-7/h5-6H,4H2,1-3H3,(H,12,13). The van der Waals surface area contributed by atoms with Crippen molar-refractivity contribution < 1.29 is 9.90 Å². The molecule has 0 atom stereocenters. The molecule has 0 unspecified atom stereocenters. The molecule has 0 fully saturated rings. The summed E-state index contributed by atoms with van der Waals surface area (Å²) in [5, 5.41) is 12.9. The lowest BCUT2D eigenvalue weighted by atomic mass is 9.87. The van der Waals surface area contributed by atoms with E-state index in [-0.39, 0.29) is 0 Å². The fraction of sp³-hybridized carbons (Fsp3) is 0.556. The van der Waals surface area contributed by atoms with E-state index < -0.39 is 11.4 Å². The Kier molecular flexibility index (Phi) is 2.40. The molecule has 1 rings (SSSR count). The molecule has 0 spiro atoms. The molecule has 1 aromatic heterocycles. The Morgan fingerprint density at radius 3 is 2.69 bits per heavy atom. The molecule has 13 heavy (non-hydrogen) atoms. The zero-order valence-electron chi connectivity index (χ0n) is 8.11. The van der Waals surface area contributed by atoms with Gasteiger partial charge in [0.1, 0.15) is 0 Å². The lowest BCUT2D eigenvalue weighted by Crippen LogP contribution is -2.25. The van der Waals surface area contributed by atoms with Gasteiger partial charge in [0.15, 0.2) is 0 Å². The van der Waals surface area contributed by atoms with Gasteiger partial charge in [0.2, 0.25) is 0 Å². The highest BCUT2D eigenvalue weighted by molar-refractivity contribution is 5.73. The lowest BCUT2D eigenvalue weighted by molar-refractivity contribution is -0.146. The molecule has 0 amide bonds. The molecule has 1 heterocycles. The van der Waals surface area contributed by atoms with Crippen molar-refractivity contribution in [1.29, 1.82) is 0 Å². The van der Waals surface area contributed by atoms with E-state index in [1.54, 1.807) is 24.7 Å². The van der Waals surface area contributed by atoms with Crippen molar-refractivity contribution in [2.75, 3.05) is 0 Å². The van der Waals surface area contributed by atoms with Crippen molar-refractivity contribution in [1.82, 2.24) is 9.78 Å². The van der Waals surface area contributed by atoms with Crippen molar-refractivity contribution in [2.24, 2.45) is 12.5 Å². The summed E-state index contributed by atoms with van der Waals surface area (Å²) in [6.45, 7) is 3.42. The number of carbonyl (C=O) groups is 1. The first-order valence-corrected chi connectivity index (χ1v) is 4.13. The SMILES string of the molecule is Cn1cc(CC(C)(C)C(=O)O)cn1. The molecule has 1 aromatic rings. The summed E-state index contributed by atoms with van der Waals surface area (Å²) in [4.78, 5) is 10.8. The number of aliphatic carboxylic acids is 1. The van der Waals surface area contributed by atoms with Crippen molar-refractivity contribution in [2.45, 2.75) is 20.3 Å². The predicted molar refractivity (Wildman–Crippen MR) is 48.3 cm³/mol. The normalized spacial score (nSPS) is 11.6. The Morgan fingerprint density at radius 1 is 1.69 bits per heavy atom. The topological polar surface area (TPSA) is 55.1 Å². The molecule has 0 radical (unpaired) electrons. The number of carboxylic acids is 1. The average Bonchev–Trinajstić information content (AvgIpc) is 2.34. The van der Waals surface area contributed by atoms with E-state index >= 15 is 0 Å². The Hall–Kier alpha value is -1.32. The summed E-state index contributed by atoms with van der Waals surface area (Å²) in [6.07, 6.45) is 4.05. The number of hydrogen-bond donors (Lipinski definition) is 1. The number of carboxylic acid groups (broad SMARTS) is 1. The van der Waals surface area contributed by atoms with Crippen molar-refractivity contribution >= 4 is 5.97 Å². The molecule has 4 heteroatoms. The fourth-order valence-electron chi connectivity index (χ4n) is 1.15. The molecule has 0 bridgehead atoms. The van der Waals surface area contributed by atoms with E-state index in [1.165, 1.54) is 0 Å². The van der Waals surface area contributed by atoms with E-state index in [2.05, 4.69) is 5.10 Å². The maximum absolute atomic E-state index is 10.8. The number of rotatable bonds is 3. The first-order valence-electron chi connectivity index (χ1n) is 4.13. The molecule has 1 N–H and O–H groups in total. The van der Waals surface area contributed by atoms with Crippen molar-refractivity contribution in [3.05, 3.63) is 18.0 Å². The van der Waals surface area contributed by atoms with Crippen LogP contribution in [-0.2, 0) is 18.3 Å². The second-order valence-electron chi connectivity index (χ2n) is 3.89. The first-order chi connectivity index (χ1) is 5.92. The van der Waals surface area contributed by atoms with Gasteiger partial charge in [-0.15, -0.1) is 0 Å². The van der Waals surface area contributed by atoms with E-state index in [9.17, 15) is 4.79 Å². The third-order valence-electron chi connectivity index (χ3n) is 1.98. The van der Waals surface area contributed by atoms with Crippen molar-refractivity contribution in [3.8, 4) is 0 Å². The minimum absolute atomic E-state index is 0.510. The average molecular weight is 182 g/mol. The van der Waals surface area contributed by atoms with Crippen LogP contribution in [0.3, 0.4) is 0 Å². The van der Waals surface area contributed by atoms with Crippen LogP contribution in [-0.4, -0.2) is 20.9 Å². The maximum Gasteiger partial charge on any atom is 0.309 e. The third-order valence-corrected chi connectivity index (χ3v) is 1.98. The van der Waals surface area contributed by atoms with Gasteiger partial charge in [0, 0.05) is 13.2 Å². The van der Waals surface area contributed by atoms with Gasteiger partial charge in [0.25, 0.3) is 0 Å². The van der Waals surface area contributed by atoms with Gasteiger partial charge in [-0.05, 0) is 25.8 Å². The van der Waals surface area contributed by atoms with E-state index in [1.807, 2.05) is 13.2 Å².